The van der Waals surface area contributed by atoms with E-state index in [-0.39, 0.29) is 16.4 Å². The highest BCUT2D eigenvalue weighted by atomic mass is 35.5. The zero-order chi connectivity index (χ0) is 10.8. The average Bonchev–Trinajstić information content (AvgIpc) is 2.11. The number of rotatable bonds is 3. The zero-order valence-electron chi connectivity index (χ0n) is 8.70. The highest BCUT2D eigenvalue weighted by molar-refractivity contribution is 6.31. The molecule has 14 heavy (non-hydrogen) atoms. The third-order valence-electron chi connectivity index (χ3n) is 2.29. The van der Waals surface area contributed by atoms with Gasteiger partial charge in [-0.05, 0) is 38.5 Å². The van der Waals surface area contributed by atoms with Crippen LogP contribution in [0.2, 0.25) is 5.02 Å². The molecular formula is C11H15ClFN. The minimum atomic E-state index is -0.383. The molecule has 0 aromatic heterocycles. The van der Waals surface area contributed by atoms with Gasteiger partial charge in [-0.3, -0.25) is 0 Å². The number of benzene rings is 1. The van der Waals surface area contributed by atoms with Gasteiger partial charge in [0.15, 0.2) is 0 Å². The molecule has 0 aliphatic heterocycles. The van der Waals surface area contributed by atoms with Gasteiger partial charge in [0.1, 0.15) is 5.82 Å². The first-order valence-electron chi connectivity index (χ1n) is 4.68. The molecule has 0 aliphatic rings. The maximum Gasteiger partial charge on any atom is 0.141 e. The van der Waals surface area contributed by atoms with Crippen LogP contribution in [0.25, 0.3) is 0 Å². The smallest absolute Gasteiger partial charge is 0.141 e. The summed E-state index contributed by atoms with van der Waals surface area (Å²) in [5.74, 6) is -0.383. The Kier molecular flexibility index (Phi) is 3.38. The lowest BCUT2D eigenvalue weighted by Crippen LogP contribution is -2.29. The van der Waals surface area contributed by atoms with Crippen molar-refractivity contribution in [3.05, 3.63) is 29.0 Å². The van der Waals surface area contributed by atoms with Crippen molar-refractivity contribution >= 4 is 17.3 Å². The van der Waals surface area contributed by atoms with E-state index in [1.54, 1.807) is 12.1 Å². The molecule has 0 saturated heterocycles. The van der Waals surface area contributed by atoms with E-state index < -0.39 is 0 Å². The first kappa shape index (κ1) is 11.3. The van der Waals surface area contributed by atoms with Crippen LogP contribution in [0, 0.1) is 5.82 Å². The van der Waals surface area contributed by atoms with Gasteiger partial charge in [0.2, 0.25) is 0 Å². The zero-order valence-corrected chi connectivity index (χ0v) is 9.45. The van der Waals surface area contributed by atoms with Crippen molar-refractivity contribution in [1.82, 2.24) is 0 Å². The van der Waals surface area contributed by atoms with E-state index in [1.165, 1.54) is 6.07 Å². The molecule has 0 bridgehead atoms. The Morgan fingerprint density at radius 2 is 2.07 bits per heavy atom. The normalized spacial score (nSPS) is 11.5. The number of anilines is 1. The van der Waals surface area contributed by atoms with E-state index in [0.29, 0.717) is 0 Å². The summed E-state index contributed by atoms with van der Waals surface area (Å²) < 4.78 is 12.9. The topological polar surface area (TPSA) is 12.0 Å². The van der Waals surface area contributed by atoms with E-state index in [9.17, 15) is 4.39 Å². The molecule has 0 amide bonds. The Morgan fingerprint density at radius 1 is 1.43 bits per heavy atom. The summed E-state index contributed by atoms with van der Waals surface area (Å²) in [4.78, 5) is 0. The molecule has 0 spiro atoms. The van der Waals surface area contributed by atoms with Crippen LogP contribution in [0.15, 0.2) is 18.2 Å². The summed E-state index contributed by atoms with van der Waals surface area (Å²) in [6.45, 7) is 6.27. The molecule has 1 N–H and O–H groups in total. The van der Waals surface area contributed by atoms with Crippen molar-refractivity contribution in [2.75, 3.05) is 5.32 Å². The second-order valence-corrected chi connectivity index (χ2v) is 4.40. The molecule has 0 heterocycles. The van der Waals surface area contributed by atoms with Crippen LogP contribution >= 0.6 is 11.6 Å². The summed E-state index contributed by atoms with van der Waals surface area (Å²) in [6.07, 6.45) is 0.988. The average molecular weight is 216 g/mol. The summed E-state index contributed by atoms with van der Waals surface area (Å²) in [5.41, 5.74) is 0.851. The highest BCUT2D eigenvalue weighted by Gasteiger charge is 2.14. The number of hydrogen-bond acceptors (Lipinski definition) is 1. The molecule has 1 aromatic rings. The van der Waals surface area contributed by atoms with Crippen LogP contribution in [0.1, 0.15) is 27.2 Å². The summed E-state index contributed by atoms with van der Waals surface area (Å²) in [5, 5.41) is 3.44. The lowest BCUT2D eigenvalue weighted by atomic mass is 10.0. The lowest BCUT2D eigenvalue weighted by Gasteiger charge is -2.26. The summed E-state index contributed by atoms with van der Waals surface area (Å²) >= 11 is 5.67. The van der Waals surface area contributed by atoms with E-state index in [1.807, 2.05) is 0 Å². The standard InChI is InChI=1S/C11H15ClFN/c1-4-11(2,3)14-8-5-6-10(13)9(12)7-8/h5-7,14H,4H2,1-3H3. The van der Waals surface area contributed by atoms with Crippen molar-refractivity contribution in [2.45, 2.75) is 32.7 Å². The van der Waals surface area contributed by atoms with E-state index in [4.69, 9.17) is 11.6 Å². The van der Waals surface area contributed by atoms with Gasteiger partial charge in [-0.1, -0.05) is 18.5 Å². The molecule has 78 valence electrons. The van der Waals surface area contributed by atoms with Crippen LogP contribution in [0.3, 0.4) is 0 Å². The van der Waals surface area contributed by atoms with Gasteiger partial charge in [0.05, 0.1) is 5.02 Å². The highest BCUT2D eigenvalue weighted by Crippen LogP contribution is 2.23. The quantitative estimate of drug-likeness (QED) is 0.801. The molecule has 0 saturated carbocycles. The fraction of sp³-hybridized carbons (Fsp3) is 0.455. The van der Waals surface area contributed by atoms with Crippen molar-refractivity contribution in [3.8, 4) is 0 Å². The Balaban J connectivity index is 2.83. The fourth-order valence-corrected chi connectivity index (χ4v) is 1.23. The van der Waals surface area contributed by atoms with Crippen molar-refractivity contribution < 1.29 is 4.39 Å². The molecule has 0 aliphatic carbocycles. The van der Waals surface area contributed by atoms with Crippen LogP contribution in [-0.2, 0) is 0 Å². The first-order valence-corrected chi connectivity index (χ1v) is 5.05. The van der Waals surface area contributed by atoms with E-state index in [2.05, 4.69) is 26.1 Å². The number of halogens is 2. The van der Waals surface area contributed by atoms with Crippen LogP contribution in [0.4, 0.5) is 10.1 Å². The predicted molar refractivity (Wildman–Crippen MR) is 59.4 cm³/mol. The van der Waals surface area contributed by atoms with Crippen molar-refractivity contribution in [3.63, 3.8) is 0 Å². The molecule has 1 nitrogen and oxygen atoms in total. The Bertz CT molecular complexity index is 323. The number of nitrogens with one attached hydrogen (secondary N) is 1. The SMILES string of the molecule is CCC(C)(C)Nc1ccc(F)c(Cl)c1. The van der Waals surface area contributed by atoms with Crippen molar-refractivity contribution in [2.24, 2.45) is 0 Å². The summed E-state index contributed by atoms with van der Waals surface area (Å²) in [6, 6.07) is 4.67. The maximum absolute atomic E-state index is 12.9. The molecule has 1 aromatic carbocycles. The third kappa shape index (κ3) is 2.88. The molecule has 0 atom stereocenters. The van der Waals surface area contributed by atoms with Gasteiger partial charge in [0.25, 0.3) is 0 Å². The molecule has 0 unspecified atom stereocenters. The van der Waals surface area contributed by atoms with Gasteiger partial charge in [0, 0.05) is 11.2 Å². The lowest BCUT2D eigenvalue weighted by molar-refractivity contribution is 0.547. The minimum Gasteiger partial charge on any atom is -0.380 e. The van der Waals surface area contributed by atoms with Gasteiger partial charge in [-0.2, -0.15) is 0 Å². The molecule has 0 radical (unpaired) electrons. The largest absolute Gasteiger partial charge is 0.380 e. The fourth-order valence-electron chi connectivity index (χ4n) is 1.05. The molecule has 0 fully saturated rings. The maximum atomic E-state index is 12.9. The molecule has 3 heteroatoms. The molecular weight excluding hydrogens is 201 g/mol. The Hall–Kier alpha value is -0.760. The van der Waals surface area contributed by atoms with Crippen LogP contribution in [-0.4, -0.2) is 5.54 Å². The van der Waals surface area contributed by atoms with Gasteiger partial charge < -0.3 is 5.32 Å². The second-order valence-electron chi connectivity index (χ2n) is 3.99. The Morgan fingerprint density at radius 3 is 2.57 bits per heavy atom. The second kappa shape index (κ2) is 4.18. The van der Waals surface area contributed by atoms with Crippen LogP contribution < -0.4 is 5.32 Å². The monoisotopic (exact) mass is 215 g/mol. The molecule has 1 rings (SSSR count). The Labute approximate surface area is 89.3 Å². The van der Waals surface area contributed by atoms with E-state index >= 15 is 0 Å². The van der Waals surface area contributed by atoms with Gasteiger partial charge in [-0.15, -0.1) is 0 Å². The third-order valence-corrected chi connectivity index (χ3v) is 2.58. The van der Waals surface area contributed by atoms with Gasteiger partial charge >= 0.3 is 0 Å². The van der Waals surface area contributed by atoms with Crippen LogP contribution in [0.5, 0.6) is 0 Å². The van der Waals surface area contributed by atoms with Gasteiger partial charge in [-0.25, -0.2) is 4.39 Å². The van der Waals surface area contributed by atoms with Crippen molar-refractivity contribution in [1.29, 1.82) is 0 Å². The first-order chi connectivity index (χ1) is 6.44. The van der Waals surface area contributed by atoms with E-state index in [0.717, 1.165) is 12.1 Å². The number of hydrogen-bond donors (Lipinski definition) is 1. The summed E-state index contributed by atoms with van der Waals surface area (Å²) in [7, 11) is 0. The minimum absolute atomic E-state index is 0.00115. The predicted octanol–water partition coefficient (Wildman–Crippen LogP) is 4.08.